The standard InChI is InChI=1S/C12H17NO/c14-8-5-6-10-9-3-1-2-4-11(9)13-12(10)7-8/h8,13-14H,1-7H2. The Morgan fingerprint density at radius 3 is 2.71 bits per heavy atom. The number of nitrogens with one attached hydrogen (secondary N) is 1. The Labute approximate surface area is 84.3 Å². The Morgan fingerprint density at radius 2 is 1.79 bits per heavy atom. The van der Waals surface area contributed by atoms with Gasteiger partial charge in [-0.3, -0.25) is 0 Å². The van der Waals surface area contributed by atoms with E-state index in [1.54, 1.807) is 11.1 Å². The van der Waals surface area contributed by atoms with Gasteiger partial charge in [0, 0.05) is 17.8 Å². The molecule has 76 valence electrons. The van der Waals surface area contributed by atoms with E-state index >= 15 is 0 Å². The Morgan fingerprint density at radius 1 is 1.00 bits per heavy atom. The smallest absolute Gasteiger partial charge is 0.0598 e. The SMILES string of the molecule is OC1CCc2c([nH]c3c2CCCC3)C1. The minimum absolute atomic E-state index is 0.109. The first-order valence-corrected chi connectivity index (χ1v) is 5.74. The van der Waals surface area contributed by atoms with E-state index in [9.17, 15) is 5.11 Å². The molecule has 14 heavy (non-hydrogen) atoms. The van der Waals surface area contributed by atoms with Gasteiger partial charge in [0.2, 0.25) is 0 Å². The van der Waals surface area contributed by atoms with Gasteiger partial charge in [-0.2, -0.15) is 0 Å². The number of H-pyrrole nitrogens is 1. The van der Waals surface area contributed by atoms with Gasteiger partial charge in [-0.05, 0) is 49.7 Å². The molecule has 0 saturated carbocycles. The highest BCUT2D eigenvalue weighted by Crippen LogP contribution is 2.31. The molecule has 2 N–H and O–H groups in total. The molecule has 0 radical (unpaired) electrons. The van der Waals surface area contributed by atoms with Crippen LogP contribution in [0.3, 0.4) is 0 Å². The van der Waals surface area contributed by atoms with Gasteiger partial charge in [0.05, 0.1) is 6.10 Å². The van der Waals surface area contributed by atoms with Gasteiger partial charge < -0.3 is 10.1 Å². The number of hydrogen-bond donors (Lipinski definition) is 2. The summed E-state index contributed by atoms with van der Waals surface area (Å²) in [6.07, 6.45) is 7.94. The zero-order valence-corrected chi connectivity index (χ0v) is 8.47. The van der Waals surface area contributed by atoms with E-state index in [-0.39, 0.29) is 6.10 Å². The van der Waals surface area contributed by atoms with Crippen LogP contribution in [0, 0.1) is 0 Å². The van der Waals surface area contributed by atoms with Crippen molar-refractivity contribution in [2.45, 2.75) is 51.0 Å². The summed E-state index contributed by atoms with van der Waals surface area (Å²) in [6.45, 7) is 0. The van der Waals surface area contributed by atoms with Crippen molar-refractivity contribution < 1.29 is 5.11 Å². The molecule has 0 spiro atoms. The third kappa shape index (κ3) is 1.21. The number of aryl methyl sites for hydroxylation is 1. The van der Waals surface area contributed by atoms with Crippen LogP contribution < -0.4 is 0 Å². The Hall–Kier alpha value is -0.760. The first-order valence-electron chi connectivity index (χ1n) is 5.74. The summed E-state index contributed by atoms with van der Waals surface area (Å²) in [4.78, 5) is 3.52. The van der Waals surface area contributed by atoms with Gasteiger partial charge in [0.1, 0.15) is 0 Å². The molecule has 1 aromatic heterocycles. The molecule has 1 atom stereocenters. The topological polar surface area (TPSA) is 36.0 Å². The van der Waals surface area contributed by atoms with Crippen LogP contribution in [-0.2, 0) is 25.7 Å². The van der Waals surface area contributed by atoms with E-state index in [4.69, 9.17) is 0 Å². The van der Waals surface area contributed by atoms with Crippen molar-refractivity contribution in [2.24, 2.45) is 0 Å². The molecule has 2 nitrogen and oxygen atoms in total. The molecule has 0 fully saturated rings. The van der Waals surface area contributed by atoms with Gasteiger partial charge >= 0.3 is 0 Å². The zero-order chi connectivity index (χ0) is 9.54. The molecule has 0 amide bonds. The molecular formula is C12H17NO. The van der Waals surface area contributed by atoms with Crippen molar-refractivity contribution in [1.29, 1.82) is 0 Å². The van der Waals surface area contributed by atoms with Crippen LogP contribution in [0.4, 0.5) is 0 Å². The summed E-state index contributed by atoms with van der Waals surface area (Å²) < 4.78 is 0. The van der Waals surface area contributed by atoms with E-state index in [1.807, 2.05) is 0 Å². The van der Waals surface area contributed by atoms with E-state index in [0.717, 1.165) is 19.3 Å². The maximum Gasteiger partial charge on any atom is 0.0598 e. The number of fused-ring (bicyclic) bond motifs is 3. The van der Waals surface area contributed by atoms with Gasteiger partial charge in [-0.15, -0.1) is 0 Å². The van der Waals surface area contributed by atoms with Gasteiger partial charge in [-0.25, -0.2) is 0 Å². The monoisotopic (exact) mass is 191 g/mol. The minimum atomic E-state index is -0.109. The van der Waals surface area contributed by atoms with Gasteiger partial charge in [-0.1, -0.05) is 0 Å². The van der Waals surface area contributed by atoms with Crippen LogP contribution in [0.25, 0.3) is 0 Å². The average Bonchev–Trinajstić information content (AvgIpc) is 2.54. The first-order chi connectivity index (χ1) is 6.84. The Kier molecular flexibility index (Phi) is 1.91. The highest BCUT2D eigenvalue weighted by Gasteiger charge is 2.24. The fraction of sp³-hybridized carbons (Fsp3) is 0.667. The molecule has 0 aliphatic heterocycles. The predicted molar refractivity (Wildman–Crippen MR) is 55.5 cm³/mol. The maximum atomic E-state index is 9.60. The van der Waals surface area contributed by atoms with E-state index < -0.39 is 0 Å². The summed E-state index contributed by atoms with van der Waals surface area (Å²) in [5.41, 5.74) is 5.94. The van der Waals surface area contributed by atoms with E-state index in [0.29, 0.717) is 0 Å². The molecule has 1 aromatic rings. The summed E-state index contributed by atoms with van der Waals surface area (Å²) in [5.74, 6) is 0. The lowest BCUT2D eigenvalue weighted by atomic mass is 9.88. The molecular weight excluding hydrogens is 174 g/mol. The van der Waals surface area contributed by atoms with Crippen LogP contribution in [0.2, 0.25) is 0 Å². The molecule has 2 heteroatoms. The van der Waals surface area contributed by atoms with Crippen LogP contribution in [0.15, 0.2) is 0 Å². The summed E-state index contributed by atoms with van der Waals surface area (Å²) in [6, 6.07) is 0. The quantitative estimate of drug-likeness (QED) is 0.644. The van der Waals surface area contributed by atoms with Crippen LogP contribution in [-0.4, -0.2) is 16.2 Å². The van der Waals surface area contributed by atoms with Crippen molar-refractivity contribution in [3.63, 3.8) is 0 Å². The molecule has 0 aromatic carbocycles. The fourth-order valence-corrected chi connectivity index (χ4v) is 2.94. The Bertz CT molecular complexity index is 353. The first kappa shape index (κ1) is 8.54. The molecule has 1 heterocycles. The molecule has 2 aliphatic carbocycles. The highest BCUT2D eigenvalue weighted by molar-refractivity contribution is 5.40. The van der Waals surface area contributed by atoms with Crippen LogP contribution in [0.1, 0.15) is 41.8 Å². The highest BCUT2D eigenvalue weighted by atomic mass is 16.3. The lowest BCUT2D eigenvalue weighted by molar-refractivity contribution is 0.157. The largest absolute Gasteiger partial charge is 0.393 e. The van der Waals surface area contributed by atoms with Crippen molar-refractivity contribution in [3.8, 4) is 0 Å². The van der Waals surface area contributed by atoms with Crippen LogP contribution in [0.5, 0.6) is 0 Å². The summed E-state index contributed by atoms with van der Waals surface area (Å²) in [5, 5.41) is 9.60. The van der Waals surface area contributed by atoms with E-state index in [1.165, 1.54) is 37.1 Å². The number of aliphatic hydroxyl groups excluding tert-OH is 1. The third-order valence-corrected chi connectivity index (χ3v) is 3.67. The minimum Gasteiger partial charge on any atom is -0.393 e. The summed E-state index contributed by atoms with van der Waals surface area (Å²) >= 11 is 0. The van der Waals surface area contributed by atoms with Crippen LogP contribution >= 0.6 is 0 Å². The zero-order valence-electron chi connectivity index (χ0n) is 8.47. The number of hydrogen-bond acceptors (Lipinski definition) is 1. The number of aliphatic hydroxyl groups is 1. The van der Waals surface area contributed by atoms with E-state index in [2.05, 4.69) is 4.98 Å². The van der Waals surface area contributed by atoms with Gasteiger partial charge in [0.25, 0.3) is 0 Å². The molecule has 3 rings (SSSR count). The molecule has 2 aliphatic rings. The lowest BCUT2D eigenvalue weighted by Gasteiger charge is -2.18. The second kappa shape index (κ2) is 3.13. The average molecular weight is 191 g/mol. The third-order valence-electron chi connectivity index (χ3n) is 3.67. The predicted octanol–water partition coefficient (Wildman–Crippen LogP) is 1.74. The maximum absolute atomic E-state index is 9.60. The molecule has 0 saturated heterocycles. The lowest BCUT2D eigenvalue weighted by Crippen LogP contribution is -2.18. The van der Waals surface area contributed by atoms with Gasteiger partial charge in [0.15, 0.2) is 0 Å². The number of aromatic nitrogens is 1. The Balaban J connectivity index is 2.04. The van der Waals surface area contributed by atoms with Crippen molar-refractivity contribution in [3.05, 3.63) is 22.5 Å². The van der Waals surface area contributed by atoms with Crippen molar-refractivity contribution >= 4 is 0 Å². The van der Waals surface area contributed by atoms with Crippen molar-refractivity contribution in [2.75, 3.05) is 0 Å². The summed E-state index contributed by atoms with van der Waals surface area (Å²) in [7, 11) is 0. The normalized spacial score (nSPS) is 25.6. The fourth-order valence-electron chi connectivity index (χ4n) is 2.94. The number of aromatic amines is 1. The second-order valence-electron chi connectivity index (χ2n) is 4.64. The van der Waals surface area contributed by atoms with Crippen molar-refractivity contribution in [1.82, 2.24) is 4.98 Å². The molecule has 1 unspecified atom stereocenters. The number of rotatable bonds is 0. The second-order valence-corrected chi connectivity index (χ2v) is 4.64. The molecule has 0 bridgehead atoms.